The van der Waals surface area contributed by atoms with Crippen LogP contribution >= 0.6 is 22.7 Å². The van der Waals surface area contributed by atoms with Crippen molar-refractivity contribution >= 4 is 43.7 Å². The molecule has 0 atom stereocenters. The van der Waals surface area contributed by atoms with Gasteiger partial charge in [0.1, 0.15) is 0 Å². The number of thiophene rings is 1. The molecule has 1 aliphatic rings. The number of anilines is 1. The van der Waals surface area contributed by atoms with E-state index in [1.807, 2.05) is 5.38 Å². The van der Waals surface area contributed by atoms with Gasteiger partial charge in [0, 0.05) is 39.4 Å². The number of hydrogen-bond acceptors (Lipinski definition) is 6. The number of carbonyl (C=O) groups is 1. The standard InChI is InChI=1S/C21H23N3O3S3/c1-13-6-7-16(30(26,27)24-8-4-5-9-24)11-17(13)20(25)23-21-22-19(12-28-21)18-10-14(2)29-15(18)3/h6-7,10-12H,4-5,8-9H2,1-3H3,(H,22,23,25). The van der Waals surface area contributed by atoms with Gasteiger partial charge in [-0.15, -0.1) is 22.7 Å². The Kier molecular flexibility index (Phi) is 5.80. The summed E-state index contributed by atoms with van der Waals surface area (Å²) in [6, 6.07) is 6.82. The molecule has 1 N–H and O–H groups in total. The van der Waals surface area contributed by atoms with E-state index in [4.69, 9.17) is 0 Å². The summed E-state index contributed by atoms with van der Waals surface area (Å²) >= 11 is 3.07. The van der Waals surface area contributed by atoms with E-state index in [2.05, 4.69) is 30.2 Å². The van der Waals surface area contributed by atoms with E-state index in [1.54, 1.807) is 30.4 Å². The highest BCUT2D eigenvalue weighted by Gasteiger charge is 2.28. The lowest BCUT2D eigenvalue weighted by atomic mass is 10.1. The van der Waals surface area contributed by atoms with Crippen molar-refractivity contribution in [1.82, 2.24) is 9.29 Å². The van der Waals surface area contributed by atoms with E-state index in [0.29, 0.717) is 29.3 Å². The topological polar surface area (TPSA) is 79.4 Å². The number of rotatable bonds is 5. The highest BCUT2D eigenvalue weighted by molar-refractivity contribution is 7.89. The molecule has 30 heavy (non-hydrogen) atoms. The van der Waals surface area contributed by atoms with Gasteiger partial charge in [0.25, 0.3) is 5.91 Å². The highest BCUT2D eigenvalue weighted by atomic mass is 32.2. The van der Waals surface area contributed by atoms with Crippen LogP contribution in [0.15, 0.2) is 34.5 Å². The van der Waals surface area contributed by atoms with E-state index in [-0.39, 0.29) is 10.8 Å². The lowest BCUT2D eigenvalue weighted by molar-refractivity contribution is 0.102. The van der Waals surface area contributed by atoms with E-state index in [9.17, 15) is 13.2 Å². The van der Waals surface area contributed by atoms with Crippen molar-refractivity contribution in [3.8, 4) is 11.3 Å². The number of nitrogens with zero attached hydrogens (tertiary/aromatic N) is 2. The number of thiazole rings is 1. The molecule has 2 aromatic heterocycles. The molecule has 0 spiro atoms. The van der Waals surface area contributed by atoms with Crippen molar-refractivity contribution in [2.24, 2.45) is 0 Å². The third-order valence-corrected chi connectivity index (χ3v) is 8.82. The second-order valence-corrected chi connectivity index (χ2v) is 11.7. The number of aromatic nitrogens is 1. The molecule has 0 aliphatic carbocycles. The molecule has 1 fully saturated rings. The monoisotopic (exact) mass is 461 g/mol. The Labute approximate surface area is 184 Å². The van der Waals surface area contributed by atoms with Gasteiger partial charge in [-0.3, -0.25) is 10.1 Å². The molecule has 1 aliphatic heterocycles. The molecule has 3 aromatic rings. The lowest BCUT2D eigenvalue weighted by Crippen LogP contribution is -2.28. The van der Waals surface area contributed by atoms with Crippen molar-refractivity contribution in [2.45, 2.75) is 38.5 Å². The van der Waals surface area contributed by atoms with Crippen LogP contribution in [0.3, 0.4) is 0 Å². The first-order valence-corrected chi connectivity index (χ1v) is 12.8. The summed E-state index contributed by atoms with van der Waals surface area (Å²) < 4.78 is 27.2. The summed E-state index contributed by atoms with van der Waals surface area (Å²) in [5.74, 6) is -0.356. The van der Waals surface area contributed by atoms with Crippen LogP contribution in [0.5, 0.6) is 0 Å². The number of benzene rings is 1. The second-order valence-electron chi connectivity index (χ2n) is 7.41. The zero-order valence-corrected chi connectivity index (χ0v) is 19.5. The van der Waals surface area contributed by atoms with Crippen molar-refractivity contribution in [2.75, 3.05) is 18.4 Å². The predicted molar refractivity (Wildman–Crippen MR) is 122 cm³/mol. The smallest absolute Gasteiger partial charge is 0.257 e. The van der Waals surface area contributed by atoms with Gasteiger partial charge >= 0.3 is 0 Å². The molecule has 1 aromatic carbocycles. The molecule has 1 saturated heterocycles. The lowest BCUT2D eigenvalue weighted by Gasteiger charge is -2.16. The largest absolute Gasteiger partial charge is 0.298 e. The highest BCUT2D eigenvalue weighted by Crippen LogP contribution is 2.33. The van der Waals surface area contributed by atoms with Crippen LogP contribution in [0.1, 0.15) is 38.5 Å². The molecule has 0 bridgehead atoms. The van der Waals surface area contributed by atoms with Gasteiger partial charge in [-0.2, -0.15) is 4.31 Å². The minimum Gasteiger partial charge on any atom is -0.298 e. The van der Waals surface area contributed by atoms with Crippen LogP contribution in [0.4, 0.5) is 5.13 Å². The minimum atomic E-state index is -3.58. The number of aryl methyl sites for hydroxylation is 3. The molecule has 1 amide bonds. The number of amides is 1. The Morgan fingerprint density at radius 1 is 1.13 bits per heavy atom. The van der Waals surface area contributed by atoms with Crippen LogP contribution in [0.2, 0.25) is 0 Å². The minimum absolute atomic E-state index is 0.157. The molecule has 0 radical (unpaired) electrons. The Morgan fingerprint density at radius 2 is 1.87 bits per heavy atom. The number of nitrogens with one attached hydrogen (secondary N) is 1. The third kappa shape index (κ3) is 4.07. The summed E-state index contributed by atoms with van der Waals surface area (Å²) in [6.07, 6.45) is 1.74. The molecule has 0 unspecified atom stereocenters. The van der Waals surface area contributed by atoms with Gasteiger partial charge < -0.3 is 0 Å². The molecule has 158 valence electrons. The van der Waals surface area contributed by atoms with Gasteiger partial charge in [-0.1, -0.05) is 6.07 Å². The maximum absolute atomic E-state index is 12.9. The Morgan fingerprint density at radius 3 is 2.53 bits per heavy atom. The molecule has 6 nitrogen and oxygen atoms in total. The van der Waals surface area contributed by atoms with Crippen LogP contribution in [0.25, 0.3) is 11.3 Å². The summed E-state index contributed by atoms with van der Waals surface area (Å²) in [5.41, 5.74) is 2.96. The molecular weight excluding hydrogens is 438 g/mol. The van der Waals surface area contributed by atoms with Crippen LogP contribution < -0.4 is 5.32 Å². The maximum atomic E-state index is 12.9. The van der Waals surface area contributed by atoms with Gasteiger partial charge in [0.2, 0.25) is 10.0 Å². The Hall–Kier alpha value is -2.07. The summed E-state index contributed by atoms with van der Waals surface area (Å²) in [4.78, 5) is 20.0. The van der Waals surface area contributed by atoms with E-state index in [0.717, 1.165) is 24.1 Å². The van der Waals surface area contributed by atoms with Crippen LogP contribution in [-0.4, -0.2) is 36.7 Å². The van der Waals surface area contributed by atoms with Gasteiger partial charge in [0.15, 0.2) is 5.13 Å². The third-order valence-electron chi connectivity index (χ3n) is 5.20. The first kappa shape index (κ1) is 21.2. The fraction of sp³-hybridized carbons (Fsp3) is 0.333. The normalized spacial score (nSPS) is 14.9. The molecule has 0 saturated carbocycles. The maximum Gasteiger partial charge on any atom is 0.257 e. The van der Waals surface area contributed by atoms with E-state index < -0.39 is 10.0 Å². The predicted octanol–water partition coefficient (Wildman–Crippen LogP) is 4.83. The first-order valence-electron chi connectivity index (χ1n) is 9.71. The van der Waals surface area contributed by atoms with Gasteiger partial charge in [-0.05, 0) is 57.4 Å². The average molecular weight is 462 g/mol. The van der Waals surface area contributed by atoms with Gasteiger partial charge in [0.05, 0.1) is 10.6 Å². The van der Waals surface area contributed by atoms with Crippen molar-refractivity contribution in [3.63, 3.8) is 0 Å². The van der Waals surface area contributed by atoms with Crippen LogP contribution in [0, 0.1) is 20.8 Å². The average Bonchev–Trinajstić information content (AvgIpc) is 3.43. The van der Waals surface area contributed by atoms with Crippen molar-refractivity contribution < 1.29 is 13.2 Å². The molecule has 9 heteroatoms. The van der Waals surface area contributed by atoms with Crippen LogP contribution in [-0.2, 0) is 10.0 Å². The SMILES string of the molecule is Cc1cc(-c2csc(NC(=O)c3cc(S(=O)(=O)N4CCCC4)ccc3C)n2)c(C)s1. The molecular formula is C21H23N3O3S3. The van der Waals surface area contributed by atoms with E-state index >= 15 is 0 Å². The zero-order chi connectivity index (χ0) is 21.5. The first-order chi connectivity index (χ1) is 14.3. The Balaban J connectivity index is 1.57. The fourth-order valence-electron chi connectivity index (χ4n) is 3.59. The van der Waals surface area contributed by atoms with E-state index in [1.165, 1.54) is 31.5 Å². The number of carbonyl (C=O) groups excluding carboxylic acids is 1. The van der Waals surface area contributed by atoms with Crippen molar-refractivity contribution in [1.29, 1.82) is 0 Å². The fourth-order valence-corrected chi connectivity index (χ4v) is 6.77. The summed E-state index contributed by atoms with van der Waals surface area (Å²) in [5, 5.41) is 5.24. The number of sulfonamides is 1. The molecule has 4 rings (SSSR count). The number of hydrogen-bond donors (Lipinski definition) is 1. The zero-order valence-electron chi connectivity index (χ0n) is 17.1. The van der Waals surface area contributed by atoms with Crippen molar-refractivity contribution in [3.05, 3.63) is 50.5 Å². The Bertz CT molecular complexity index is 1210. The summed E-state index contributed by atoms with van der Waals surface area (Å²) in [6.45, 7) is 6.97. The summed E-state index contributed by atoms with van der Waals surface area (Å²) in [7, 11) is -3.58. The second kappa shape index (κ2) is 8.22. The quantitative estimate of drug-likeness (QED) is 0.590. The van der Waals surface area contributed by atoms with Gasteiger partial charge in [-0.25, -0.2) is 13.4 Å². The molecule has 3 heterocycles.